The third-order valence-electron chi connectivity index (χ3n) is 4.82. The van der Waals surface area contributed by atoms with Crippen LogP contribution in [0.5, 0.6) is 11.5 Å². The second-order valence-corrected chi connectivity index (χ2v) is 6.65. The molecule has 140 valence electrons. The summed E-state index contributed by atoms with van der Waals surface area (Å²) in [6.45, 7) is 3.57. The molecule has 2 aliphatic rings. The lowest BCUT2D eigenvalue weighted by molar-refractivity contribution is -0.275. The number of halogens is 3. The highest BCUT2D eigenvalue weighted by Crippen LogP contribution is 2.37. The Labute approximate surface area is 145 Å². The van der Waals surface area contributed by atoms with E-state index >= 15 is 0 Å². The van der Waals surface area contributed by atoms with Gasteiger partial charge in [-0.05, 0) is 68.3 Å². The Morgan fingerprint density at radius 1 is 1.04 bits per heavy atom. The molecule has 0 aromatic heterocycles. The van der Waals surface area contributed by atoms with E-state index in [-0.39, 0.29) is 11.5 Å². The van der Waals surface area contributed by atoms with Gasteiger partial charge in [-0.2, -0.15) is 0 Å². The molecule has 0 unspecified atom stereocenters. The van der Waals surface area contributed by atoms with Gasteiger partial charge >= 0.3 is 6.36 Å². The van der Waals surface area contributed by atoms with Crippen LogP contribution in [-0.4, -0.2) is 39.3 Å². The SMILES string of the molecule is FC(F)(F)Oc1ccc(C2CCNCC2)cc1OCC1CCOCC1. The monoisotopic (exact) mass is 359 g/mol. The van der Waals surface area contributed by atoms with Crippen LogP contribution in [0.1, 0.15) is 37.2 Å². The molecule has 0 bridgehead atoms. The average Bonchev–Trinajstić information content (AvgIpc) is 2.61. The Morgan fingerprint density at radius 3 is 2.44 bits per heavy atom. The molecule has 0 amide bonds. The molecular formula is C18H24F3NO3. The third-order valence-corrected chi connectivity index (χ3v) is 4.82. The van der Waals surface area contributed by atoms with E-state index in [1.807, 2.05) is 0 Å². The van der Waals surface area contributed by atoms with Gasteiger partial charge in [-0.1, -0.05) is 6.07 Å². The number of piperidine rings is 1. The van der Waals surface area contributed by atoms with Crippen molar-refractivity contribution in [3.63, 3.8) is 0 Å². The molecule has 0 spiro atoms. The van der Waals surface area contributed by atoms with Crippen LogP contribution in [-0.2, 0) is 4.74 Å². The topological polar surface area (TPSA) is 39.7 Å². The summed E-state index contributed by atoms with van der Waals surface area (Å²) in [5, 5.41) is 3.29. The fraction of sp³-hybridized carbons (Fsp3) is 0.667. The van der Waals surface area contributed by atoms with Gasteiger partial charge in [0.2, 0.25) is 0 Å². The Hall–Kier alpha value is -1.47. The molecule has 0 aliphatic carbocycles. The first-order valence-corrected chi connectivity index (χ1v) is 8.82. The Kier molecular flexibility index (Phi) is 6.06. The van der Waals surface area contributed by atoms with Gasteiger partial charge in [-0.3, -0.25) is 0 Å². The predicted molar refractivity (Wildman–Crippen MR) is 87.0 cm³/mol. The minimum absolute atomic E-state index is 0.180. The molecule has 0 radical (unpaired) electrons. The van der Waals surface area contributed by atoms with Crippen molar-refractivity contribution in [2.75, 3.05) is 32.9 Å². The van der Waals surface area contributed by atoms with Crippen molar-refractivity contribution in [1.29, 1.82) is 0 Å². The summed E-state index contributed by atoms with van der Waals surface area (Å²) in [5.74, 6) is 0.554. The summed E-state index contributed by atoms with van der Waals surface area (Å²) >= 11 is 0. The van der Waals surface area contributed by atoms with E-state index in [1.54, 1.807) is 12.1 Å². The van der Waals surface area contributed by atoms with E-state index in [1.165, 1.54) is 6.07 Å². The summed E-state index contributed by atoms with van der Waals surface area (Å²) in [6.07, 6.45) is -1.06. The number of ether oxygens (including phenoxy) is 3. The van der Waals surface area contributed by atoms with Gasteiger partial charge in [-0.25, -0.2) is 0 Å². The van der Waals surface area contributed by atoms with Crippen molar-refractivity contribution in [1.82, 2.24) is 5.32 Å². The Balaban J connectivity index is 1.74. The van der Waals surface area contributed by atoms with Crippen LogP contribution in [0.3, 0.4) is 0 Å². The second kappa shape index (κ2) is 8.27. The molecule has 0 atom stereocenters. The minimum atomic E-state index is -4.73. The fourth-order valence-corrected chi connectivity index (χ4v) is 3.38. The lowest BCUT2D eigenvalue weighted by Crippen LogP contribution is -2.26. The molecular weight excluding hydrogens is 335 g/mol. The van der Waals surface area contributed by atoms with Gasteiger partial charge in [0.25, 0.3) is 0 Å². The Bertz CT molecular complexity index is 553. The van der Waals surface area contributed by atoms with Gasteiger partial charge in [0, 0.05) is 13.2 Å². The molecule has 0 saturated carbocycles. The van der Waals surface area contributed by atoms with Crippen molar-refractivity contribution in [2.45, 2.75) is 38.0 Å². The molecule has 1 N–H and O–H groups in total. The van der Waals surface area contributed by atoms with E-state index in [0.29, 0.717) is 31.7 Å². The zero-order chi connectivity index (χ0) is 17.7. The third kappa shape index (κ3) is 5.51. The van der Waals surface area contributed by atoms with Crippen LogP contribution >= 0.6 is 0 Å². The van der Waals surface area contributed by atoms with E-state index in [2.05, 4.69) is 10.1 Å². The largest absolute Gasteiger partial charge is 0.573 e. The maximum atomic E-state index is 12.7. The van der Waals surface area contributed by atoms with Crippen molar-refractivity contribution in [3.05, 3.63) is 23.8 Å². The molecule has 4 nitrogen and oxygen atoms in total. The summed E-state index contributed by atoms with van der Waals surface area (Å²) in [6, 6.07) is 4.82. The zero-order valence-electron chi connectivity index (χ0n) is 14.1. The number of nitrogens with one attached hydrogen (secondary N) is 1. The van der Waals surface area contributed by atoms with Crippen molar-refractivity contribution < 1.29 is 27.4 Å². The van der Waals surface area contributed by atoms with Crippen LogP contribution in [0.25, 0.3) is 0 Å². The van der Waals surface area contributed by atoms with Crippen LogP contribution in [0.2, 0.25) is 0 Å². The van der Waals surface area contributed by atoms with Crippen LogP contribution < -0.4 is 14.8 Å². The number of hydrogen-bond acceptors (Lipinski definition) is 4. The van der Waals surface area contributed by atoms with Gasteiger partial charge in [0.05, 0.1) is 6.61 Å². The maximum Gasteiger partial charge on any atom is 0.573 e. The Morgan fingerprint density at radius 2 is 1.76 bits per heavy atom. The second-order valence-electron chi connectivity index (χ2n) is 6.65. The molecule has 1 aromatic carbocycles. The average molecular weight is 359 g/mol. The standard InChI is InChI=1S/C18H24F3NO3/c19-18(20,21)25-16-2-1-15(14-3-7-22-8-4-14)11-17(16)24-12-13-5-9-23-10-6-13/h1-2,11,13-14,22H,3-10,12H2. The van der Waals surface area contributed by atoms with E-state index in [4.69, 9.17) is 9.47 Å². The van der Waals surface area contributed by atoms with Crippen molar-refractivity contribution in [2.24, 2.45) is 5.92 Å². The summed E-state index contributed by atoms with van der Waals surface area (Å²) in [4.78, 5) is 0. The fourth-order valence-electron chi connectivity index (χ4n) is 3.38. The van der Waals surface area contributed by atoms with Gasteiger partial charge in [-0.15, -0.1) is 13.2 Å². The van der Waals surface area contributed by atoms with Crippen molar-refractivity contribution >= 4 is 0 Å². The lowest BCUT2D eigenvalue weighted by atomic mass is 9.90. The van der Waals surface area contributed by atoms with Crippen LogP contribution in [0.15, 0.2) is 18.2 Å². The molecule has 7 heteroatoms. The molecule has 1 aromatic rings. The first-order valence-electron chi connectivity index (χ1n) is 8.82. The molecule has 2 heterocycles. The highest BCUT2D eigenvalue weighted by molar-refractivity contribution is 5.44. The van der Waals surface area contributed by atoms with E-state index in [0.717, 1.165) is 44.3 Å². The highest BCUT2D eigenvalue weighted by Gasteiger charge is 2.33. The predicted octanol–water partition coefficient (Wildman–Crippen LogP) is 3.86. The normalized spacial score (nSPS) is 20.4. The highest BCUT2D eigenvalue weighted by atomic mass is 19.4. The molecule has 3 rings (SSSR count). The number of alkyl halides is 3. The maximum absolute atomic E-state index is 12.7. The molecule has 2 fully saturated rings. The number of hydrogen-bond donors (Lipinski definition) is 1. The minimum Gasteiger partial charge on any atom is -0.489 e. The number of rotatable bonds is 5. The van der Waals surface area contributed by atoms with E-state index in [9.17, 15) is 13.2 Å². The zero-order valence-corrected chi connectivity index (χ0v) is 14.1. The first kappa shape index (κ1) is 18.3. The van der Waals surface area contributed by atoms with Crippen LogP contribution in [0.4, 0.5) is 13.2 Å². The lowest BCUT2D eigenvalue weighted by Gasteiger charge is -2.25. The quantitative estimate of drug-likeness (QED) is 0.867. The summed E-state index contributed by atoms with van der Waals surface area (Å²) < 4.78 is 53.2. The smallest absolute Gasteiger partial charge is 0.489 e. The summed E-state index contributed by atoms with van der Waals surface area (Å²) in [5.41, 5.74) is 1.01. The molecule has 2 aliphatic heterocycles. The summed E-state index contributed by atoms with van der Waals surface area (Å²) in [7, 11) is 0. The van der Waals surface area contributed by atoms with Crippen molar-refractivity contribution in [3.8, 4) is 11.5 Å². The van der Waals surface area contributed by atoms with E-state index < -0.39 is 6.36 Å². The van der Waals surface area contributed by atoms with Gasteiger partial charge in [0.15, 0.2) is 11.5 Å². The number of benzene rings is 1. The van der Waals surface area contributed by atoms with Crippen LogP contribution in [0, 0.1) is 5.92 Å². The molecule has 2 saturated heterocycles. The molecule has 25 heavy (non-hydrogen) atoms. The van der Waals surface area contributed by atoms with Gasteiger partial charge in [0.1, 0.15) is 0 Å². The first-order chi connectivity index (χ1) is 12.0. The van der Waals surface area contributed by atoms with Gasteiger partial charge < -0.3 is 19.5 Å².